The fraction of sp³-hybridized carbons (Fsp3) is 0.235. The monoisotopic (exact) mass is 316 g/mol. The van der Waals surface area contributed by atoms with Crippen LogP contribution in [0, 0.1) is 0 Å². The number of esters is 1. The lowest BCUT2D eigenvalue weighted by molar-refractivity contribution is -0.0103. The van der Waals surface area contributed by atoms with Gasteiger partial charge in [-0.05, 0) is 23.8 Å². The molecule has 0 fully saturated rings. The molecule has 2 N–H and O–H groups in total. The van der Waals surface area contributed by atoms with Crippen molar-refractivity contribution in [1.29, 1.82) is 0 Å². The second kappa shape index (κ2) is 5.81. The fourth-order valence-corrected chi connectivity index (χ4v) is 2.65. The number of rotatable bonds is 4. The highest BCUT2D eigenvalue weighted by atomic mass is 16.6. The quantitative estimate of drug-likeness (QED) is 0.842. The Labute approximate surface area is 132 Å². The summed E-state index contributed by atoms with van der Waals surface area (Å²) in [6, 6.07) is 9.31. The largest absolute Gasteiger partial charge is 0.508 e. The predicted octanol–water partition coefficient (Wildman–Crippen LogP) is 2.35. The molecular weight excluding hydrogens is 300 g/mol. The Morgan fingerprint density at radius 3 is 2.43 bits per heavy atom. The van der Waals surface area contributed by atoms with Crippen LogP contribution in [0.3, 0.4) is 0 Å². The van der Waals surface area contributed by atoms with Crippen LogP contribution >= 0.6 is 0 Å². The molecule has 1 heterocycles. The lowest BCUT2D eigenvalue weighted by Gasteiger charge is -2.19. The maximum absolute atomic E-state index is 12.2. The Balaban J connectivity index is 2.04. The van der Waals surface area contributed by atoms with Crippen molar-refractivity contribution >= 4 is 5.97 Å². The van der Waals surface area contributed by atoms with Gasteiger partial charge in [0.1, 0.15) is 28.9 Å². The number of carbonyl (C=O) groups is 1. The molecule has 6 heteroatoms. The van der Waals surface area contributed by atoms with Gasteiger partial charge < -0.3 is 24.4 Å². The Bertz CT molecular complexity index is 737. The number of aliphatic hydroxyl groups excluding tert-OH is 1. The maximum atomic E-state index is 12.2. The minimum Gasteiger partial charge on any atom is -0.508 e. The van der Waals surface area contributed by atoms with Crippen LogP contribution in [-0.2, 0) is 4.74 Å². The lowest BCUT2D eigenvalue weighted by Crippen LogP contribution is -2.10. The minimum atomic E-state index is -1.07. The first-order valence-electron chi connectivity index (χ1n) is 6.99. The number of hydrogen-bond donors (Lipinski definition) is 2. The summed E-state index contributed by atoms with van der Waals surface area (Å²) in [5.74, 6) is 0.377. The van der Waals surface area contributed by atoms with Crippen molar-refractivity contribution in [3.63, 3.8) is 0 Å². The second-order valence-corrected chi connectivity index (χ2v) is 5.16. The molecule has 0 saturated heterocycles. The Morgan fingerprint density at radius 1 is 1.13 bits per heavy atom. The highest BCUT2D eigenvalue weighted by Gasteiger charge is 2.39. The number of carbonyl (C=O) groups excluding carboxylic acids is 1. The molecule has 0 saturated carbocycles. The van der Waals surface area contributed by atoms with Crippen LogP contribution in [-0.4, -0.2) is 30.4 Å². The van der Waals surface area contributed by atoms with Gasteiger partial charge in [0.05, 0.1) is 14.2 Å². The van der Waals surface area contributed by atoms with E-state index in [4.69, 9.17) is 14.2 Å². The standard InChI is InChI=1S/C17H16O6/c1-21-11-7-12-14(13(8-11)22-2)17(20)23-16(12)15(19)9-3-5-10(18)6-4-9/h3-8,15-16,18-19H,1-2H3. The van der Waals surface area contributed by atoms with Crippen molar-refractivity contribution in [2.24, 2.45) is 0 Å². The summed E-state index contributed by atoms with van der Waals surface area (Å²) in [5, 5.41) is 19.9. The van der Waals surface area contributed by atoms with Crippen LogP contribution in [0.2, 0.25) is 0 Å². The first-order valence-corrected chi connectivity index (χ1v) is 6.99. The first-order chi connectivity index (χ1) is 11.0. The number of methoxy groups -OCH3 is 2. The molecule has 2 aromatic carbocycles. The third-order valence-corrected chi connectivity index (χ3v) is 3.83. The van der Waals surface area contributed by atoms with E-state index in [2.05, 4.69) is 0 Å². The molecule has 6 nitrogen and oxygen atoms in total. The Hall–Kier alpha value is -2.73. The third-order valence-electron chi connectivity index (χ3n) is 3.83. The van der Waals surface area contributed by atoms with Gasteiger partial charge in [0.15, 0.2) is 6.10 Å². The lowest BCUT2D eigenvalue weighted by atomic mass is 9.96. The van der Waals surface area contributed by atoms with Crippen LogP contribution in [0.5, 0.6) is 17.2 Å². The Kier molecular flexibility index (Phi) is 3.83. The van der Waals surface area contributed by atoms with Gasteiger partial charge in [-0.15, -0.1) is 0 Å². The van der Waals surface area contributed by atoms with Crippen molar-refractivity contribution in [1.82, 2.24) is 0 Å². The second-order valence-electron chi connectivity index (χ2n) is 5.16. The molecule has 1 aliphatic heterocycles. The molecule has 0 aliphatic carbocycles. The number of aromatic hydroxyl groups is 1. The topological polar surface area (TPSA) is 85.2 Å². The van der Waals surface area contributed by atoms with E-state index in [-0.39, 0.29) is 11.3 Å². The number of cyclic esters (lactones) is 1. The van der Waals surface area contributed by atoms with Crippen molar-refractivity contribution in [2.75, 3.05) is 14.2 Å². The van der Waals surface area contributed by atoms with E-state index in [0.717, 1.165) is 0 Å². The molecule has 2 aromatic rings. The van der Waals surface area contributed by atoms with E-state index >= 15 is 0 Å². The van der Waals surface area contributed by atoms with Crippen molar-refractivity contribution in [3.8, 4) is 17.2 Å². The number of aliphatic hydroxyl groups is 1. The average molecular weight is 316 g/mol. The number of hydrogen-bond acceptors (Lipinski definition) is 6. The Morgan fingerprint density at radius 2 is 1.83 bits per heavy atom. The zero-order chi connectivity index (χ0) is 16.6. The predicted molar refractivity (Wildman–Crippen MR) is 80.8 cm³/mol. The molecule has 0 amide bonds. The normalized spacial score (nSPS) is 17.3. The van der Waals surface area contributed by atoms with E-state index in [1.807, 2.05) is 0 Å². The van der Waals surface area contributed by atoms with E-state index in [9.17, 15) is 15.0 Å². The van der Waals surface area contributed by atoms with Gasteiger partial charge >= 0.3 is 5.97 Å². The zero-order valence-electron chi connectivity index (χ0n) is 12.6. The minimum absolute atomic E-state index is 0.0908. The molecule has 2 atom stereocenters. The molecule has 0 aromatic heterocycles. The average Bonchev–Trinajstić information content (AvgIpc) is 2.91. The van der Waals surface area contributed by atoms with E-state index < -0.39 is 18.2 Å². The number of benzene rings is 2. The highest BCUT2D eigenvalue weighted by Crippen LogP contribution is 2.45. The maximum Gasteiger partial charge on any atom is 0.343 e. The van der Waals surface area contributed by atoms with Gasteiger partial charge in [0.2, 0.25) is 0 Å². The molecule has 0 spiro atoms. The SMILES string of the molecule is COc1cc(OC)c2c(c1)C(C(O)c1ccc(O)cc1)OC2=O. The van der Waals surface area contributed by atoms with Crippen LogP contribution < -0.4 is 9.47 Å². The molecule has 23 heavy (non-hydrogen) atoms. The van der Waals surface area contributed by atoms with E-state index in [0.29, 0.717) is 22.6 Å². The summed E-state index contributed by atoms with van der Waals surface area (Å²) in [5.41, 5.74) is 1.32. The number of fused-ring (bicyclic) bond motifs is 1. The van der Waals surface area contributed by atoms with Gasteiger partial charge in [0.25, 0.3) is 0 Å². The smallest absolute Gasteiger partial charge is 0.343 e. The number of ether oxygens (including phenoxy) is 3. The highest BCUT2D eigenvalue weighted by molar-refractivity contribution is 5.97. The molecular formula is C17H16O6. The van der Waals surface area contributed by atoms with Gasteiger partial charge in [-0.3, -0.25) is 0 Å². The van der Waals surface area contributed by atoms with Gasteiger partial charge in [-0.2, -0.15) is 0 Å². The summed E-state index contributed by atoms with van der Waals surface area (Å²) in [6.07, 6.45) is -1.94. The van der Waals surface area contributed by atoms with Crippen molar-refractivity contribution < 1.29 is 29.2 Å². The summed E-state index contributed by atoms with van der Waals surface area (Å²) in [6.45, 7) is 0. The van der Waals surface area contributed by atoms with Crippen molar-refractivity contribution in [3.05, 3.63) is 53.1 Å². The third kappa shape index (κ3) is 2.57. The first kappa shape index (κ1) is 15.2. The molecule has 0 bridgehead atoms. The van der Waals surface area contributed by atoms with Crippen LogP contribution in [0.4, 0.5) is 0 Å². The molecule has 3 rings (SSSR count). The molecule has 0 radical (unpaired) electrons. The summed E-state index contributed by atoms with van der Waals surface area (Å²) in [7, 11) is 2.95. The van der Waals surface area contributed by atoms with E-state index in [1.54, 1.807) is 24.3 Å². The number of phenolic OH excluding ortho intramolecular Hbond substituents is 1. The van der Waals surface area contributed by atoms with Gasteiger partial charge in [0, 0.05) is 11.6 Å². The van der Waals surface area contributed by atoms with Crippen LogP contribution in [0.25, 0.3) is 0 Å². The zero-order valence-corrected chi connectivity index (χ0v) is 12.6. The summed E-state index contributed by atoms with van der Waals surface area (Å²) < 4.78 is 15.8. The van der Waals surface area contributed by atoms with Gasteiger partial charge in [-0.1, -0.05) is 12.1 Å². The summed E-state index contributed by atoms with van der Waals surface area (Å²) >= 11 is 0. The van der Waals surface area contributed by atoms with Crippen LogP contribution in [0.1, 0.15) is 33.7 Å². The van der Waals surface area contributed by atoms with E-state index in [1.165, 1.54) is 26.4 Å². The molecule has 120 valence electrons. The molecule has 1 aliphatic rings. The van der Waals surface area contributed by atoms with Gasteiger partial charge in [-0.25, -0.2) is 4.79 Å². The summed E-state index contributed by atoms with van der Waals surface area (Å²) in [4.78, 5) is 12.2. The fourth-order valence-electron chi connectivity index (χ4n) is 2.65. The van der Waals surface area contributed by atoms with Crippen molar-refractivity contribution in [2.45, 2.75) is 12.2 Å². The van der Waals surface area contributed by atoms with Crippen LogP contribution in [0.15, 0.2) is 36.4 Å². The molecule has 2 unspecified atom stereocenters. The number of phenols is 1.